The number of anilines is 1. The van der Waals surface area contributed by atoms with Gasteiger partial charge in [-0.2, -0.15) is 0 Å². The number of hydrogen-bond acceptors (Lipinski definition) is 6. The molecule has 0 spiro atoms. The molecule has 1 N–H and O–H groups in total. The van der Waals surface area contributed by atoms with Crippen molar-refractivity contribution in [1.29, 1.82) is 0 Å². The van der Waals surface area contributed by atoms with Gasteiger partial charge in [-0.25, -0.2) is 23.7 Å². The quantitative estimate of drug-likeness (QED) is 0.386. The number of imidazole rings is 1. The number of aromatic amines is 1. The summed E-state index contributed by atoms with van der Waals surface area (Å²) in [7, 11) is 2.15. The summed E-state index contributed by atoms with van der Waals surface area (Å²) in [5, 5.41) is 0. The van der Waals surface area contributed by atoms with Crippen molar-refractivity contribution in [2.45, 2.75) is 45.1 Å². The van der Waals surface area contributed by atoms with Gasteiger partial charge in [-0.3, -0.25) is 0 Å². The molecule has 4 heterocycles. The lowest BCUT2D eigenvalue weighted by Gasteiger charge is -2.34. The van der Waals surface area contributed by atoms with E-state index in [1.165, 1.54) is 12.3 Å². The molecule has 0 amide bonds. The third-order valence-corrected chi connectivity index (χ3v) is 7.63. The second-order valence-electron chi connectivity index (χ2n) is 10.7. The molecule has 2 aliphatic rings. The molecular weight excluding hydrogens is 486 g/mol. The zero-order chi connectivity index (χ0) is 26.4. The first-order chi connectivity index (χ1) is 18.4. The Bertz CT molecular complexity index is 1480. The van der Waals surface area contributed by atoms with E-state index in [1.54, 1.807) is 6.07 Å². The van der Waals surface area contributed by atoms with E-state index in [-0.39, 0.29) is 17.5 Å². The Balaban J connectivity index is 1.28. The third-order valence-electron chi connectivity index (χ3n) is 7.63. The van der Waals surface area contributed by atoms with Crippen molar-refractivity contribution >= 4 is 16.7 Å². The monoisotopic (exact) mass is 518 g/mol. The lowest BCUT2D eigenvalue weighted by Crippen LogP contribution is -2.38. The van der Waals surface area contributed by atoms with Gasteiger partial charge in [0.1, 0.15) is 23.9 Å². The van der Waals surface area contributed by atoms with Crippen LogP contribution in [0.2, 0.25) is 0 Å². The molecular formula is C29H32F2N6O. The van der Waals surface area contributed by atoms with Gasteiger partial charge in [0.15, 0.2) is 17.4 Å². The number of piperidine rings is 1. The summed E-state index contributed by atoms with van der Waals surface area (Å²) in [5.41, 5.74) is 3.97. The Labute approximate surface area is 220 Å². The number of aromatic nitrogens is 4. The molecule has 2 aromatic heterocycles. The molecule has 0 bridgehead atoms. The number of nitrogens with one attached hydrogen (secondary N) is 1. The van der Waals surface area contributed by atoms with E-state index in [9.17, 15) is 4.39 Å². The molecule has 2 aliphatic heterocycles. The van der Waals surface area contributed by atoms with Gasteiger partial charge in [-0.15, -0.1) is 0 Å². The summed E-state index contributed by atoms with van der Waals surface area (Å²) >= 11 is 0. The molecule has 0 aliphatic carbocycles. The fourth-order valence-electron chi connectivity index (χ4n) is 5.51. The summed E-state index contributed by atoms with van der Waals surface area (Å²) < 4.78 is 35.5. The minimum atomic E-state index is -0.590. The van der Waals surface area contributed by atoms with Crippen LogP contribution in [-0.4, -0.2) is 64.2 Å². The average molecular weight is 519 g/mol. The van der Waals surface area contributed by atoms with E-state index < -0.39 is 11.6 Å². The second kappa shape index (κ2) is 9.94. The largest absolute Gasteiger partial charge is 0.486 e. The van der Waals surface area contributed by atoms with Gasteiger partial charge in [0.2, 0.25) is 0 Å². The number of rotatable bonds is 5. The van der Waals surface area contributed by atoms with Crippen LogP contribution in [0, 0.1) is 11.6 Å². The molecule has 4 aromatic rings. The highest BCUT2D eigenvalue weighted by Crippen LogP contribution is 2.39. The summed E-state index contributed by atoms with van der Waals surface area (Å²) in [6.07, 6.45) is 3.78. The van der Waals surface area contributed by atoms with Gasteiger partial charge >= 0.3 is 0 Å². The number of fused-ring (bicyclic) bond motifs is 2. The van der Waals surface area contributed by atoms with E-state index in [2.05, 4.69) is 37.9 Å². The third kappa shape index (κ3) is 4.71. The van der Waals surface area contributed by atoms with Crippen molar-refractivity contribution in [3.63, 3.8) is 0 Å². The number of likely N-dealkylation sites (tertiary alicyclic amines) is 1. The van der Waals surface area contributed by atoms with Crippen LogP contribution in [0.4, 0.5) is 14.5 Å². The lowest BCUT2D eigenvalue weighted by molar-refractivity contribution is 0.252. The van der Waals surface area contributed by atoms with Crippen LogP contribution in [0.5, 0.6) is 5.75 Å². The number of H-pyrrole nitrogens is 1. The number of nitrogens with zero attached hydrogens (tertiary/aromatic N) is 5. The average Bonchev–Trinajstić information content (AvgIpc) is 3.33. The molecule has 2 aromatic carbocycles. The van der Waals surface area contributed by atoms with E-state index in [0.29, 0.717) is 42.6 Å². The summed E-state index contributed by atoms with van der Waals surface area (Å²) in [6, 6.07) is 9.26. The molecule has 9 heteroatoms. The molecule has 0 saturated carbocycles. The highest BCUT2D eigenvalue weighted by Gasteiger charge is 2.26. The van der Waals surface area contributed by atoms with Gasteiger partial charge in [0.25, 0.3) is 0 Å². The Morgan fingerprint density at radius 3 is 2.66 bits per heavy atom. The summed E-state index contributed by atoms with van der Waals surface area (Å²) in [4.78, 5) is 21.5. The minimum absolute atomic E-state index is 0.0816. The molecule has 198 valence electrons. The van der Waals surface area contributed by atoms with Crippen LogP contribution >= 0.6 is 0 Å². The van der Waals surface area contributed by atoms with Gasteiger partial charge in [-0.1, -0.05) is 6.07 Å². The lowest BCUT2D eigenvalue weighted by atomic mass is 9.97. The van der Waals surface area contributed by atoms with Crippen molar-refractivity contribution in [3.05, 3.63) is 65.4 Å². The number of benzene rings is 2. The van der Waals surface area contributed by atoms with Gasteiger partial charge in [0.05, 0.1) is 29.5 Å². The van der Waals surface area contributed by atoms with Crippen molar-refractivity contribution in [3.8, 4) is 17.0 Å². The van der Waals surface area contributed by atoms with E-state index in [0.717, 1.165) is 48.4 Å². The van der Waals surface area contributed by atoms with E-state index in [4.69, 9.17) is 9.72 Å². The van der Waals surface area contributed by atoms with Crippen molar-refractivity contribution in [2.24, 2.45) is 0 Å². The molecule has 0 atom stereocenters. The first-order valence-corrected chi connectivity index (χ1v) is 13.3. The summed E-state index contributed by atoms with van der Waals surface area (Å²) in [5.74, 6) is 1.04. The maximum absolute atomic E-state index is 15.0. The fourth-order valence-corrected chi connectivity index (χ4v) is 5.51. The zero-order valence-corrected chi connectivity index (χ0v) is 22.0. The van der Waals surface area contributed by atoms with Crippen LogP contribution in [0.3, 0.4) is 0 Å². The molecule has 0 unspecified atom stereocenters. The maximum Gasteiger partial charge on any atom is 0.178 e. The standard InChI is InChI=1S/C29H32F2N6O/c1-17(2)37-10-11-38-28-21(30)14-20(15-25(28)37)27-22(31)16-32-26(35-27)13-18-4-5-23-24(12-18)34-29(33-23)19-6-8-36(3)9-7-19/h4-5,12,14-17,19H,6-11,13H2,1-3H3,(H,33,34). The Kier molecular flexibility index (Phi) is 6.47. The van der Waals surface area contributed by atoms with Gasteiger partial charge in [-0.05, 0) is 76.7 Å². The highest BCUT2D eigenvalue weighted by molar-refractivity contribution is 5.76. The first kappa shape index (κ1) is 24.7. The number of ether oxygens (including phenoxy) is 1. The molecule has 6 rings (SSSR count). The smallest absolute Gasteiger partial charge is 0.178 e. The van der Waals surface area contributed by atoms with Crippen molar-refractivity contribution < 1.29 is 13.5 Å². The highest BCUT2D eigenvalue weighted by atomic mass is 19.1. The minimum Gasteiger partial charge on any atom is -0.486 e. The van der Waals surface area contributed by atoms with Crippen LogP contribution < -0.4 is 9.64 Å². The molecule has 1 fully saturated rings. The van der Waals surface area contributed by atoms with Gasteiger partial charge in [0, 0.05) is 23.9 Å². The van der Waals surface area contributed by atoms with Crippen LogP contribution in [0.1, 0.15) is 49.8 Å². The van der Waals surface area contributed by atoms with E-state index >= 15 is 4.39 Å². The molecule has 7 nitrogen and oxygen atoms in total. The first-order valence-electron chi connectivity index (χ1n) is 13.3. The van der Waals surface area contributed by atoms with E-state index in [1.807, 2.05) is 26.0 Å². The van der Waals surface area contributed by atoms with Crippen LogP contribution in [0.15, 0.2) is 36.5 Å². The summed E-state index contributed by atoms with van der Waals surface area (Å²) in [6.45, 7) is 7.28. The Morgan fingerprint density at radius 1 is 1.05 bits per heavy atom. The Morgan fingerprint density at radius 2 is 1.87 bits per heavy atom. The predicted molar refractivity (Wildman–Crippen MR) is 144 cm³/mol. The molecule has 0 radical (unpaired) electrons. The second-order valence-corrected chi connectivity index (χ2v) is 10.7. The molecule has 1 saturated heterocycles. The number of hydrogen-bond donors (Lipinski definition) is 1. The topological polar surface area (TPSA) is 70.2 Å². The van der Waals surface area contributed by atoms with Crippen molar-refractivity contribution in [1.82, 2.24) is 24.8 Å². The zero-order valence-electron chi connectivity index (χ0n) is 22.0. The van der Waals surface area contributed by atoms with Crippen molar-refractivity contribution in [2.75, 3.05) is 38.2 Å². The predicted octanol–water partition coefficient (Wildman–Crippen LogP) is 5.31. The maximum atomic E-state index is 15.0. The van der Waals surface area contributed by atoms with Gasteiger partial charge < -0.3 is 19.5 Å². The Hall–Kier alpha value is -3.59. The fraction of sp³-hybridized carbons (Fsp3) is 0.414. The van der Waals surface area contributed by atoms with Crippen LogP contribution in [0.25, 0.3) is 22.3 Å². The molecule has 38 heavy (non-hydrogen) atoms. The SMILES string of the molecule is CC(C)N1CCOc2c(F)cc(-c3nc(Cc4ccc5nc(C6CCN(C)CC6)[nH]c5c4)ncc3F)cc21. The number of halogens is 2. The normalized spacial score (nSPS) is 16.7. The van der Waals surface area contributed by atoms with Crippen LogP contribution in [-0.2, 0) is 6.42 Å².